The zero-order valence-electron chi connectivity index (χ0n) is 19.5. The summed E-state index contributed by atoms with van der Waals surface area (Å²) in [7, 11) is -4.00. The molecule has 35 heavy (non-hydrogen) atoms. The van der Waals surface area contributed by atoms with Crippen LogP contribution in [0.1, 0.15) is 54.2 Å². The molecular formula is C24H29N5O5S. The van der Waals surface area contributed by atoms with Gasteiger partial charge in [0.15, 0.2) is 0 Å². The van der Waals surface area contributed by atoms with E-state index in [4.69, 9.17) is 0 Å². The van der Waals surface area contributed by atoms with Gasteiger partial charge in [0.05, 0.1) is 22.7 Å². The second-order valence-corrected chi connectivity index (χ2v) is 10.7. The van der Waals surface area contributed by atoms with Crippen LogP contribution in [0.15, 0.2) is 47.5 Å². The molecule has 0 atom stereocenters. The third-order valence-electron chi connectivity index (χ3n) is 6.42. The number of amides is 5. The van der Waals surface area contributed by atoms with Crippen molar-refractivity contribution in [1.29, 1.82) is 0 Å². The molecule has 0 saturated heterocycles. The number of carbonyl (C=O) groups is 3. The molecule has 1 saturated carbocycles. The van der Waals surface area contributed by atoms with Gasteiger partial charge in [-0.15, -0.1) is 0 Å². The molecule has 1 aliphatic heterocycles. The quantitative estimate of drug-likeness (QED) is 0.559. The Kier molecular flexibility index (Phi) is 7.34. The van der Waals surface area contributed by atoms with Crippen LogP contribution >= 0.6 is 0 Å². The van der Waals surface area contributed by atoms with Crippen LogP contribution in [-0.2, 0) is 23.0 Å². The van der Waals surface area contributed by atoms with E-state index in [2.05, 4.69) is 27.3 Å². The van der Waals surface area contributed by atoms with Crippen molar-refractivity contribution in [1.82, 2.24) is 25.2 Å². The molecule has 2 aliphatic rings. The number of urea groups is 2. The first-order chi connectivity index (χ1) is 16.7. The predicted molar refractivity (Wildman–Crippen MR) is 128 cm³/mol. The number of benzene rings is 1. The average molecular weight is 500 g/mol. The van der Waals surface area contributed by atoms with Gasteiger partial charge in [0, 0.05) is 18.8 Å². The Morgan fingerprint density at radius 2 is 1.80 bits per heavy atom. The summed E-state index contributed by atoms with van der Waals surface area (Å²) >= 11 is 0. The monoisotopic (exact) mass is 499 g/mol. The number of fused-ring (bicyclic) bond motifs is 1. The van der Waals surface area contributed by atoms with Crippen molar-refractivity contribution in [2.75, 3.05) is 6.54 Å². The molecule has 4 rings (SSSR count). The normalized spacial score (nSPS) is 19.7. The second kappa shape index (κ2) is 10.4. The van der Waals surface area contributed by atoms with Crippen molar-refractivity contribution in [3.63, 3.8) is 0 Å². The molecule has 0 unspecified atom stereocenters. The van der Waals surface area contributed by atoms with Gasteiger partial charge in [-0.3, -0.25) is 14.7 Å². The number of nitrogens with zero attached hydrogens (tertiary/aromatic N) is 2. The zero-order valence-corrected chi connectivity index (χ0v) is 20.3. The average Bonchev–Trinajstić information content (AvgIpc) is 3.17. The van der Waals surface area contributed by atoms with E-state index in [1.165, 1.54) is 12.1 Å². The van der Waals surface area contributed by atoms with Crippen molar-refractivity contribution < 1.29 is 22.8 Å². The van der Waals surface area contributed by atoms with Gasteiger partial charge in [-0.25, -0.2) is 22.7 Å². The molecule has 1 aromatic carbocycles. The fourth-order valence-electron chi connectivity index (χ4n) is 4.33. The second-order valence-electron chi connectivity index (χ2n) is 9.05. The van der Waals surface area contributed by atoms with E-state index in [0.29, 0.717) is 23.6 Å². The van der Waals surface area contributed by atoms with E-state index in [-0.39, 0.29) is 29.9 Å². The number of hydrogen-bond donors (Lipinski definition) is 3. The summed E-state index contributed by atoms with van der Waals surface area (Å²) in [6.07, 6.45) is 5.73. The molecule has 0 spiro atoms. The maximum atomic E-state index is 12.6. The number of rotatable bonds is 6. The number of pyridine rings is 1. The van der Waals surface area contributed by atoms with Gasteiger partial charge in [-0.1, -0.05) is 19.1 Å². The number of carbonyl (C=O) groups excluding carboxylic acids is 3. The Hall–Kier alpha value is -3.47. The standard InChI is InChI=1S/C24H29N5O5S/c1-16-4-8-18(9-5-16)27-23(31)28-35(33,34)19-10-6-17(7-11-19)12-14-26-24(32)29-15-21-20(22(29)30)3-2-13-25-21/h2-3,6-7,10-11,13,16,18H,4-5,8-9,12,14-15H2,1H3,(H,26,32)(H2,27,28,31). The molecule has 0 bridgehead atoms. The zero-order chi connectivity index (χ0) is 25.0. The van der Waals surface area contributed by atoms with Gasteiger partial charge in [0.2, 0.25) is 0 Å². The molecule has 186 valence electrons. The van der Waals surface area contributed by atoms with E-state index in [1.54, 1.807) is 30.5 Å². The molecule has 1 aromatic heterocycles. The summed E-state index contributed by atoms with van der Waals surface area (Å²) in [6, 6.07) is 8.15. The topological polar surface area (TPSA) is 138 Å². The number of imide groups is 1. The highest BCUT2D eigenvalue weighted by Gasteiger charge is 2.32. The Morgan fingerprint density at radius 1 is 1.09 bits per heavy atom. The largest absolute Gasteiger partial charge is 0.337 e. The van der Waals surface area contributed by atoms with Crippen LogP contribution < -0.4 is 15.4 Å². The van der Waals surface area contributed by atoms with Crippen molar-refractivity contribution in [3.8, 4) is 0 Å². The first-order valence-corrected chi connectivity index (χ1v) is 13.2. The Morgan fingerprint density at radius 3 is 2.49 bits per heavy atom. The van der Waals surface area contributed by atoms with Crippen molar-refractivity contribution in [2.45, 2.75) is 56.5 Å². The third-order valence-corrected chi connectivity index (χ3v) is 7.77. The minimum Gasteiger partial charge on any atom is -0.337 e. The molecule has 3 N–H and O–H groups in total. The van der Waals surface area contributed by atoms with Gasteiger partial charge in [0.25, 0.3) is 15.9 Å². The summed E-state index contributed by atoms with van der Waals surface area (Å²) in [4.78, 5) is 42.1. The van der Waals surface area contributed by atoms with Gasteiger partial charge in [-0.2, -0.15) is 0 Å². The lowest BCUT2D eigenvalue weighted by Gasteiger charge is -2.26. The Balaban J connectivity index is 1.24. The van der Waals surface area contributed by atoms with E-state index >= 15 is 0 Å². The number of aromatic nitrogens is 1. The third kappa shape index (κ3) is 5.97. The maximum absolute atomic E-state index is 12.6. The Bertz CT molecular complexity index is 1210. The lowest BCUT2D eigenvalue weighted by atomic mass is 9.87. The molecule has 5 amide bonds. The van der Waals surface area contributed by atoms with Crippen LogP contribution in [-0.4, -0.2) is 48.9 Å². The van der Waals surface area contributed by atoms with E-state index in [9.17, 15) is 22.8 Å². The van der Waals surface area contributed by atoms with Crippen LogP contribution in [0.3, 0.4) is 0 Å². The van der Waals surface area contributed by atoms with Crippen LogP contribution in [0.4, 0.5) is 9.59 Å². The minimum atomic E-state index is -4.00. The van der Waals surface area contributed by atoms with Gasteiger partial charge in [-0.05, 0) is 67.9 Å². The van der Waals surface area contributed by atoms with Crippen molar-refractivity contribution in [2.24, 2.45) is 5.92 Å². The van der Waals surface area contributed by atoms with Gasteiger partial charge < -0.3 is 10.6 Å². The highest BCUT2D eigenvalue weighted by molar-refractivity contribution is 7.90. The molecule has 11 heteroatoms. The van der Waals surface area contributed by atoms with E-state index < -0.39 is 22.1 Å². The number of nitrogens with one attached hydrogen (secondary N) is 3. The summed E-state index contributed by atoms with van der Waals surface area (Å²) < 4.78 is 27.2. The number of hydrogen-bond acceptors (Lipinski definition) is 6. The SMILES string of the molecule is CC1CCC(NC(=O)NS(=O)(=O)c2ccc(CCNC(=O)N3Cc4ncccc4C3=O)cc2)CC1. The molecule has 1 fully saturated rings. The van der Waals surface area contributed by atoms with Gasteiger partial charge >= 0.3 is 12.1 Å². The summed E-state index contributed by atoms with van der Waals surface area (Å²) in [6.45, 7) is 2.57. The highest BCUT2D eigenvalue weighted by atomic mass is 32.2. The lowest BCUT2D eigenvalue weighted by molar-refractivity contribution is 0.0820. The predicted octanol–water partition coefficient (Wildman–Crippen LogP) is 2.56. The summed E-state index contributed by atoms with van der Waals surface area (Å²) in [5.74, 6) is 0.249. The molecule has 1 aliphatic carbocycles. The fourth-order valence-corrected chi connectivity index (χ4v) is 5.25. The highest BCUT2D eigenvalue weighted by Crippen LogP contribution is 2.23. The molecule has 0 radical (unpaired) electrons. The minimum absolute atomic E-state index is 0.0136. The van der Waals surface area contributed by atoms with Gasteiger partial charge in [0.1, 0.15) is 0 Å². The molecule has 2 heterocycles. The van der Waals surface area contributed by atoms with Crippen LogP contribution in [0.25, 0.3) is 0 Å². The first-order valence-electron chi connectivity index (χ1n) is 11.7. The molecule has 10 nitrogen and oxygen atoms in total. The van der Waals surface area contributed by atoms with Crippen LogP contribution in [0, 0.1) is 5.92 Å². The van der Waals surface area contributed by atoms with Crippen LogP contribution in [0.2, 0.25) is 0 Å². The summed E-state index contributed by atoms with van der Waals surface area (Å²) in [5.41, 5.74) is 1.79. The smallest absolute Gasteiger partial charge is 0.328 e. The van der Waals surface area contributed by atoms with Crippen molar-refractivity contribution in [3.05, 3.63) is 59.4 Å². The molecular weight excluding hydrogens is 470 g/mol. The van der Waals surface area contributed by atoms with E-state index in [1.807, 2.05) is 0 Å². The summed E-state index contributed by atoms with van der Waals surface area (Å²) in [5, 5.41) is 5.45. The molecule has 2 aromatic rings. The lowest BCUT2D eigenvalue weighted by Crippen LogP contribution is -2.45. The fraction of sp³-hybridized carbons (Fsp3) is 0.417. The Labute approximate surface area is 204 Å². The maximum Gasteiger partial charge on any atom is 0.328 e. The van der Waals surface area contributed by atoms with Crippen LogP contribution in [0.5, 0.6) is 0 Å². The first kappa shape index (κ1) is 24.6. The van der Waals surface area contributed by atoms with Crippen molar-refractivity contribution >= 4 is 28.0 Å². The number of sulfonamides is 1. The van der Waals surface area contributed by atoms with E-state index in [0.717, 1.165) is 36.1 Å².